The van der Waals surface area contributed by atoms with E-state index in [1.54, 1.807) is 12.1 Å². The second kappa shape index (κ2) is 6.16. The van der Waals surface area contributed by atoms with E-state index in [1.165, 1.54) is 19.1 Å². The fourth-order valence-corrected chi connectivity index (χ4v) is 1.37. The Morgan fingerprint density at radius 3 is 2.50 bits per heavy atom. The molecule has 1 unspecified atom stereocenters. The Kier molecular flexibility index (Phi) is 4.82. The number of hydrogen-bond acceptors (Lipinski definition) is 4. The van der Waals surface area contributed by atoms with Gasteiger partial charge in [0.15, 0.2) is 5.60 Å². The zero-order valence-corrected chi connectivity index (χ0v) is 11.1. The lowest BCUT2D eigenvalue weighted by molar-refractivity contribution is -0.155. The quantitative estimate of drug-likeness (QED) is 0.615. The van der Waals surface area contributed by atoms with Crippen LogP contribution in [0.2, 0.25) is 0 Å². The smallest absolute Gasteiger partial charge is 0.337 e. The van der Waals surface area contributed by atoms with Crippen molar-refractivity contribution in [2.45, 2.75) is 19.4 Å². The molecule has 108 valence electrons. The Hall–Kier alpha value is -2.41. The van der Waals surface area contributed by atoms with Crippen molar-refractivity contribution in [1.29, 1.82) is 0 Å². The van der Waals surface area contributed by atoms with E-state index in [0.29, 0.717) is 5.69 Å². The van der Waals surface area contributed by atoms with Crippen LogP contribution in [0.15, 0.2) is 24.3 Å². The van der Waals surface area contributed by atoms with Crippen molar-refractivity contribution in [3.8, 4) is 0 Å². The molecule has 0 aliphatic rings. The second-order valence-electron chi connectivity index (χ2n) is 4.52. The van der Waals surface area contributed by atoms with E-state index >= 15 is 0 Å². The van der Waals surface area contributed by atoms with Crippen molar-refractivity contribution in [1.82, 2.24) is 5.32 Å². The Labute approximate surface area is 115 Å². The summed E-state index contributed by atoms with van der Waals surface area (Å²) in [5.74, 6) is -2.24. The molecule has 0 aromatic heterocycles. The van der Waals surface area contributed by atoms with Crippen LogP contribution in [-0.4, -0.2) is 40.1 Å². The summed E-state index contributed by atoms with van der Waals surface area (Å²) >= 11 is 0. The van der Waals surface area contributed by atoms with Crippen molar-refractivity contribution < 1.29 is 24.6 Å². The van der Waals surface area contributed by atoms with E-state index in [-0.39, 0.29) is 11.5 Å². The van der Waals surface area contributed by atoms with E-state index in [1.807, 2.05) is 0 Å². The average Bonchev–Trinajstić information content (AvgIpc) is 2.35. The van der Waals surface area contributed by atoms with Crippen molar-refractivity contribution in [3.63, 3.8) is 0 Å². The normalized spacial score (nSPS) is 13.2. The number of amides is 2. The lowest BCUT2D eigenvalue weighted by atomic mass is 10.1. The Bertz CT molecular complexity index is 539. The monoisotopic (exact) mass is 280 g/mol. The molecule has 1 rings (SSSR count). The van der Waals surface area contributed by atoms with Gasteiger partial charge in [0, 0.05) is 18.2 Å². The summed E-state index contributed by atoms with van der Waals surface area (Å²) in [4.78, 5) is 33.4. The van der Waals surface area contributed by atoms with Crippen molar-refractivity contribution in [2.75, 3.05) is 11.9 Å². The van der Waals surface area contributed by atoms with E-state index in [2.05, 4.69) is 10.6 Å². The van der Waals surface area contributed by atoms with E-state index in [0.717, 1.165) is 6.92 Å². The van der Waals surface area contributed by atoms with E-state index < -0.39 is 24.0 Å². The molecule has 1 aromatic rings. The Morgan fingerprint density at radius 2 is 1.95 bits per heavy atom. The fraction of sp³-hybridized carbons (Fsp3) is 0.308. The molecular weight excluding hydrogens is 264 g/mol. The molecule has 0 fully saturated rings. The lowest BCUT2D eigenvalue weighted by Gasteiger charge is -2.18. The molecule has 7 heteroatoms. The molecule has 0 bridgehead atoms. The van der Waals surface area contributed by atoms with Crippen LogP contribution in [0.1, 0.15) is 24.2 Å². The number of aliphatic hydroxyl groups is 1. The highest BCUT2D eigenvalue weighted by molar-refractivity contribution is 5.97. The molecule has 1 aromatic carbocycles. The highest BCUT2D eigenvalue weighted by Crippen LogP contribution is 2.11. The molecular formula is C13H16N2O5. The zero-order chi connectivity index (χ0) is 15.3. The molecule has 7 nitrogen and oxygen atoms in total. The maximum absolute atomic E-state index is 11.8. The molecule has 1 atom stereocenters. The summed E-state index contributed by atoms with van der Waals surface area (Å²) in [6, 6.07) is 6.16. The van der Waals surface area contributed by atoms with Gasteiger partial charge in [-0.25, -0.2) is 4.79 Å². The van der Waals surface area contributed by atoms with Crippen LogP contribution in [0.4, 0.5) is 5.69 Å². The number of nitrogens with one attached hydrogen (secondary N) is 2. The minimum Gasteiger partial charge on any atom is -0.479 e. The van der Waals surface area contributed by atoms with Gasteiger partial charge < -0.3 is 20.8 Å². The summed E-state index contributed by atoms with van der Waals surface area (Å²) in [6.45, 7) is 2.01. The molecule has 0 radical (unpaired) electrons. The van der Waals surface area contributed by atoms with Gasteiger partial charge in [-0.1, -0.05) is 6.07 Å². The molecule has 0 aliphatic carbocycles. The number of benzene rings is 1. The minimum atomic E-state index is -2.04. The third-order valence-corrected chi connectivity index (χ3v) is 2.50. The first-order chi connectivity index (χ1) is 9.22. The summed E-state index contributed by atoms with van der Waals surface area (Å²) in [5, 5.41) is 23.1. The molecule has 0 saturated carbocycles. The second-order valence-corrected chi connectivity index (χ2v) is 4.52. The van der Waals surface area contributed by atoms with E-state index in [9.17, 15) is 19.5 Å². The molecule has 20 heavy (non-hydrogen) atoms. The van der Waals surface area contributed by atoms with Crippen LogP contribution in [0.25, 0.3) is 0 Å². The van der Waals surface area contributed by atoms with Crippen LogP contribution < -0.4 is 10.6 Å². The van der Waals surface area contributed by atoms with Crippen LogP contribution in [-0.2, 0) is 9.59 Å². The number of hydrogen-bond donors (Lipinski definition) is 4. The first kappa shape index (κ1) is 15.6. The Morgan fingerprint density at radius 1 is 1.30 bits per heavy atom. The van der Waals surface area contributed by atoms with Gasteiger partial charge in [-0.3, -0.25) is 9.59 Å². The summed E-state index contributed by atoms with van der Waals surface area (Å²) in [6.07, 6.45) is 0. The van der Waals surface area contributed by atoms with Gasteiger partial charge in [0.25, 0.3) is 5.91 Å². The Balaban J connectivity index is 2.73. The van der Waals surface area contributed by atoms with Crippen LogP contribution in [0.5, 0.6) is 0 Å². The average molecular weight is 280 g/mol. The first-order valence-electron chi connectivity index (χ1n) is 5.84. The zero-order valence-electron chi connectivity index (χ0n) is 11.1. The third-order valence-electron chi connectivity index (χ3n) is 2.50. The van der Waals surface area contributed by atoms with Crippen molar-refractivity contribution in [3.05, 3.63) is 29.8 Å². The lowest BCUT2D eigenvalue weighted by Crippen LogP contribution is -2.46. The number of carboxylic acids is 1. The summed E-state index contributed by atoms with van der Waals surface area (Å²) < 4.78 is 0. The molecule has 0 spiro atoms. The number of carboxylic acid groups (broad SMARTS) is 1. The summed E-state index contributed by atoms with van der Waals surface area (Å²) in [7, 11) is 0. The number of carbonyl (C=O) groups excluding carboxylic acids is 2. The molecule has 0 saturated heterocycles. The first-order valence-corrected chi connectivity index (χ1v) is 5.84. The van der Waals surface area contributed by atoms with Crippen LogP contribution in [0.3, 0.4) is 0 Å². The van der Waals surface area contributed by atoms with Crippen LogP contribution in [0, 0.1) is 0 Å². The van der Waals surface area contributed by atoms with Gasteiger partial charge in [-0.2, -0.15) is 0 Å². The maximum atomic E-state index is 11.8. The minimum absolute atomic E-state index is 0.248. The molecule has 4 N–H and O–H groups in total. The topological polar surface area (TPSA) is 116 Å². The van der Waals surface area contributed by atoms with E-state index in [4.69, 9.17) is 5.11 Å². The number of carbonyl (C=O) groups is 3. The van der Waals surface area contributed by atoms with Gasteiger partial charge in [0.1, 0.15) is 0 Å². The fourth-order valence-electron chi connectivity index (χ4n) is 1.37. The van der Waals surface area contributed by atoms with Gasteiger partial charge >= 0.3 is 5.97 Å². The summed E-state index contributed by atoms with van der Waals surface area (Å²) in [5.41, 5.74) is -1.34. The van der Waals surface area contributed by atoms with Gasteiger partial charge in [-0.05, 0) is 25.1 Å². The van der Waals surface area contributed by atoms with Gasteiger partial charge in [-0.15, -0.1) is 0 Å². The van der Waals surface area contributed by atoms with Crippen molar-refractivity contribution >= 4 is 23.5 Å². The maximum Gasteiger partial charge on any atom is 0.337 e. The third kappa shape index (κ3) is 4.36. The standard InChI is InChI=1S/C13H16N2O5/c1-8(16)15-10-5-3-4-9(6-10)11(17)14-7-13(2,20)12(18)19/h3-6,20H,7H2,1-2H3,(H,14,17)(H,15,16)(H,18,19). The molecule has 0 aliphatic heterocycles. The van der Waals surface area contributed by atoms with Crippen LogP contribution >= 0.6 is 0 Å². The number of aliphatic carboxylic acids is 1. The van der Waals surface area contributed by atoms with Gasteiger partial charge in [0.2, 0.25) is 5.91 Å². The molecule has 0 heterocycles. The largest absolute Gasteiger partial charge is 0.479 e. The SMILES string of the molecule is CC(=O)Nc1cccc(C(=O)NCC(C)(O)C(=O)O)c1. The molecule has 2 amide bonds. The highest BCUT2D eigenvalue weighted by atomic mass is 16.4. The number of anilines is 1. The highest BCUT2D eigenvalue weighted by Gasteiger charge is 2.30. The predicted octanol–water partition coefficient (Wildman–Crippen LogP) is 0.210. The predicted molar refractivity (Wildman–Crippen MR) is 71.3 cm³/mol. The van der Waals surface area contributed by atoms with Gasteiger partial charge in [0.05, 0.1) is 6.54 Å². The van der Waals surface area contributed by atoms with Crippen molar-refractivity contribution in [2.24, 2.45) is 0 Å². The number of rotatable bonds is 5.